The summed E-state index contributed by atoms with van der Waals surface area (Å²) in [6.07, 6.45) is -0.564. The van der Waals surface area contributed by atoms with Crippen molar-refractivity contribution in [1.29, 1.82) is 5.26 Å². The molecule has 2 aliphatic rings. The molecule has 0 amide bonds. The number of nitrogens with one attached hydrogen (secondary N) is 1. The average molecular weight is 436 g/mol. The Labute approximate surface area is 177 Å². The van der Waals surface area contributed by atoms with E-state index in [4.69, 9.17) is 4.74 Å². The molecule has 1 aliphatic carbocycles. The molecule has 1 aromatic carbocycles. The van der Waals surface area contributed by atoms with Gasteiger partial charge in [0, 0.05) is 19.1 Å². The van der Waals surface area contributed by atoms with Crippen molar-refractivity contribution >= 4 is 5.95 Å². The van der Waals surface area contributed by atoms with Crippen LogP contribution in [0.15, 0.2) is 24.3 Å². The van der Waals surface area contributed by atoms with Crippen molar-refractivity contribution in [3.63, 3.8) is 0 Å². The van der Waals surface area contributed by atoms with E-state index >= 15 is 0 Å². The van der Waals surface area contributed by atoms with Crippen LogP contribution in [0.4, 0.5) is 19.1 Å². The number of para-hydroxylation sites is 2. The van der Waals surface area contributed by atoms with Crippen LogP contribution in [0.1, 0.15) is 32.7 Å². The SMILES string of the molecule is CC(C)n1nc(NC2C3CCC2CN(C#N)C3)nc1Oc1ccccc1OC(F)(F)F. The van der Waals surface area contributed by atoms with Gasteiger partial charge in [0.1, 0.15) is 0 Å². The number of nitrogens with zero attached hydrogens (tertiary/aromatic N) is 5. The van der Waals surface area contributed by atoms with Crippen molar-refractivity contribution in [3.05, 3.63) is 24.3 Å². The lowest BCUT2D eigenvalue weighted by Gasteiger charge is -2.35. The molecule has 8 nitrogen and oxygen atoms in total. The molecule has 2 bridgehead atoms. The van der Waals surface area contributed by atoms with Gasteiger partial charge < -0.3 is 19.7 Å². The first-order valence-corrected chi connectivity index (χ1v) is 10.1. The fourth-order valence-corrected chi connectivity index (χ4v) is 4.31. The molecule has 1 saturated carbocycles. The Hall–Kier alpha value is -3.16. The maximum Gasteiger partial charge on any atom is 0.573 e. The summed E-state index contributed by atoms with van der Waals surface area (Å²) < 4.78 is 49.4. The van der Waals surface area contributed by atoms with Gasteiger partial charge >= 0.3 is 12.4 Å². The summed E-state index contributed by atoms with van der Waals surface area (Å²) in [5.41, 5.74) is 0. The van der Waals surface area contributed by atoms with E-state index in [0.29, 0.717) is 30.9 Å². The van der Waals surface area contributed by atoms with Crippen LogP contribution < -0.4 is 14.8 Å². The molecule has 2 unspecified atom stereocenters. The number of hydrogen-bond donors (Lipinski definition) is 1. The molecule has 2 fully saturated rings. The van der Waals surface area contributed by atoms with Gasteiger partial charge in [0.05, 0.1) is 6.04 Å². The maximum absolute atomic E-state index is 12.7. The summed E-state index contributed by atoms with van der Waals surface area (Å²) in [7, 11) is 0. The van der Waals surface area contributed by atoms with E-state index in [0.717, 1.165) is 12.8 Å². The van der Waals surface area contributed by atoms with E-state index in [1.807, 2.05) is 13.8 Å². The summed E-state index contributed by atoms with van der Waals surface area (Å²) in [6, 6.07) is 5.61. The van der Waals surface area contributed by atoms with Crippen LogP contribution >= 0.6 is 0 Å². The minimum atomic E-state index is -4.84. The van der Waals surface area contributed by atoms with Gasteiger partial charge in [-0.3, -0.25) is 0 Å². The highest BCUT2D eigenvalue weighted by molar-refractivity contribution is 5.42. The number of fused-ring (bicyclic) bond motifs is 2. The monoisotopic (exact) mass is 436 g/mol. The topological polar surface area (TPSA) is 88.2 Å². The first-order valence-electron chi connectivity index (χ1n) is 10.1. The van der Waals surface area contributed by atoms with Gasteiger partial charge in [-0.2, -0.15) is 10.2 Å². The molecule has 4 rings (SSSR count). The second-order valence-electron chi connectivity index (χ2n) is 8.13. The van der Waals surface area contributed by atoms with Crippen LogP contribution in [-0.2, 0) is 0 Å². The molecule has 1 saturated heterocycles. The molecule has 1 N–H and O–H groups in total. The Morgan fingerprint density at radius 3 is 2.39 bits per heavy atom. The van der Waals surface area contributed by atoms with Crippen molar-refractivity contribution in [3.8, 4) is 23.7 Å². The van der Waals surface area contributed by atoms with E-state index in [9.17, 15) is 18.4 Å². The Morgan fingerprint density at radius 1 is 1.16 bits per heavy atom. The maximum atomic E-state index is 12.7. The van der Waals surface area contributed by atoms with Gasteiger partial charge in [-0.1, -0.05) is 12.1 Å². The predicted molar refractivity (Wildman–Crippen MR) is 104 cm³/mol. The van der Waals surface area contributed by atoms with Crippen molar-refractivity contribution < 1.29 is 22.6 Å². The number of benzene rings is 1. The van der Waals surface area contributed by atoms with Gasteiger partial charge in [0.25, 0.3) is 0 Å². The van der Waals surface area contributed by atoms with E-state index in [1.54, 1.807) is 11.0 Å². The highest BCUT2D eigenvalue weighted by Crippen LogP contribution is 2.39. The Kier molecular flexibility index (Phi) is 5.56. The molecule has 0 radical (unpaired) electrons. The zero-order chi connectivity index (χ0) is 22.2. The minimum absolute atomic E-state index is 0.0672. The first-order chi connectivity index (χ1) is 14.7. The van der Waals surface area contributed by atoms with Gasteiger partial charge in [-0.25, -0.2) is 4.68 Å². The number of rotatable bonds is 6. The number of anilines is 1. The third kappa shape index (κ3) is 4.62. The molecular formula is C20H23F3N6O2. The number of hydrogen-bond acceptors (Lipinski definition) is 7. The van der Waals surface area contributed by atoms with E-state index in [2.05, 4.69) is 26.3 Å². The van der Waals surface area contributed by atoms with Crippen LogP contribution in [0.2, 0.25) is 0 Å². The van der Waals surface area contributed by atoms with Crippen molar-refractivity contribution in [2.45, 2.75) is 45.1 Å². The third-order valence-electron chi connectivity index (χ3n) is 5.64. The summed E-state index contributed by atoms with van der Waals surface area (Å²) >= 11 is 0. The number of likely N-dealkylation sites (tertiary alicyclic amines) is 1. The van der Waals surface area contributed by atoms with Gasteiger partial charge in [-0.15, -0.1) is 18.3 Å². The highest BCUT2D eigenvalue weighted by Gasteiger charge is 2.42. The van der Waals surface area contributed by atoms with Crippen LogP contribution in [0.3, 0.4) is 0 Å². The number of nitriles is 1. The lowest BCUT2D eigenvalue weighted by molar-refractivity contribution is -0.275. The van der Waals surface area contributed by atoms with Gasteiger partial charge in [0.15, 0.2) is 17.7 Å². The second kappa shape index (κ2) is 8.17. The molecule has 2 atom stereocenters. The molecular weight excluding hydrogens is 413 g/mol. The molecule has 166 valence electrons. The standard InChI is InChI=1S/C20H23F3N6O2/c1-12(2)29-19(30-15-5-3-4-6-16(15)31-20(21,22)23)26-18(27-29)25-17-13-7-8-14(17)10-28(9-13)11-24/h3-6,12-14,17H,7-10H2,1-2H3,(H,25,27). The Morgan fingerprint density at radius 2 is 1.81 bits per heavy atom. The summed E-state index contributed by atoms with van der Waals surface area (Å²) in [5, 5.41) is 17.0. The average Bonchev–Trinajstić information content (AvgIpc) is 3.19. The summed E-state index contributed by atoms with van der Waals surface area (Å²) in [6.45, 7) is 5.14. The number of ether oxygens (including phenoxy) is 2. The molecule has 0 spiro atoms. The van der Waals surface area contributed by atoms with Crippen LogP contribution in [0.25, 0.3) is 0 Å². The van der Waals surface area contributed by atoms with Crippen molar-refractivity contribution in [2.24, 2.45) is 11.8 Å². The molecule has 2 aromatic rings. The van der Waals surface area contributed by atoms with Crippen LogP contribution in [0.5, 0.6) is 17.5 Å². The summed E-state index contributed by atoms with van der Waals surface area (Å²) in [4.78, 5) is 6.18. The fraction of sp³-hybridized carbons (Fsp3) is 0.550. The normalized spacial score (nSPS) is 23.0. The van der Waals surface area contributed by atoms with Crippen molar-refractivity contribution in [2.75, 3.05) is 18.4 Å². The number of piperidine rings is 1. The number of halogens is 3. The largest absolute Gasteiger partial charge is 0.573 e. The lowest BCUT2D eigenvalue weighted by Crippen LogP contribution is -2.46. The first kappa shape index (κ1) is 21.1. The summed E-state index contributed by atoms with van der Waals surface area (Å²) in [5.74, 6) is 0.419. The molecule has 2 heterocycles. The molecule has 31 heavy (non-hydrogen) atoms. The zero-order valence-electron chi connectivity index (χ0n) is 17.1. The zero-order valence-corrected chi connectivity index (χ0v) is 17.1. The van der Waals surface area contributed by atoms with E-state index < -0.39 is 12.1 Å². The predicted octanol–water partition coefficient (Wildman–Crippen LogP) is 4.15. The minimum Gasteiger partial charge on any atom is -0.420 e. The number of aromatic nitrogens is 3. The fourth-order valence-electron chi connectivity index (χ4n) is 4.31. The molecule has 11 heteroatoms. The number of alkyl halides is 3. The van der Waals surface area contributed by atoms with E-state index in [-0.39, 0.29) is 23.8 Å². The Bertz CT molecular complexity index is 957. The second-order valence-corrected chi connectivity index (χ2v) is 8.13. The van der Waals surface area contributed by atoms with Crippen LogP contribution in [-0.4, -0.2) is 45.2 Å². The van der Waals surface area contributed by atoms with Crippen LogP contribution in [0, 0.1) is 23.3 Å². The smallest absolute Gasteiger partial charge is 0.420 e. The van der Waals surface area contributed by atoms with Gasteiger partial charge in [0.2, 0.25) is 5.95 Å². The molecule has 1 aliphatic heterocycles. The third-order valence-corrected chi connectivity index (χ3v) is 5.64. The lowest BCUT2D eigenvalue weighted by atomic mass is 9.92. The van der Waals surface area contributed by atoms with E-state index in [1.165, 1.54) is 22.9 Å². The molecule has 1 aromatic heterocycles. The van der Waals surface area contributed by atoms with Crippen molar-refractivity contribution in [1.82, 2.24) is 19.7 Å². The van der Waals surface area contributed by atoms with Gasteiger partial charge in [-0.05, 0) is 50.7 Å². The Balaban J connectivity index is 1.55. The quantitative estimate of drug-likeness (QED) is 0.681. The highest BCUT2D eigenvalue weighted by atomic mass is 19.4.